The number of urea groups is 1. The van der Waals surface area contributed by atoms with Crippen molar-refractivity contribution in [3.8, 4) is 0 Å². The molecule has 0 unspecified atom stereocenters. The Morgan fingerprint density at radius 3 is 2.37 bits per heavy atom. The number of carbonyl (C=O) groups excluding carboxylic acids is 2. The zero-order valence-corrected chi connectivity index (χ0v) is 11.1. The van der Waals surface area contributed by atoms with Crippen LogP contribution in [0.2, 0.25) is 0 Å². The van der Waals surface area contributed by atoms with Gasteiger partial charge in [-0.3, -0.25) is 4.79 Å². The van der Waals surface area contributed by atoms with Crippen LogP contribution in [0.1, 0.15) is 32.6 Å². The van der Waals surface area contributed by atoms with E-state index in [1.165, 1.54) is 0 Å². The first-order chi connectivity index (χ1) is 9.04. The lowest BCUT2D eigenvalue weighted by atomic mass is 10.2. The topological polar surface area (TPSA) is 108 Å². The number of amides is 3. The van der Waals surface area contributed by atoms with E-state index >= 15 is 0 Å². The van der Waals surface area contributed by atoms with Crippen molar-refractivity contribution in [2.45, 2.75) is 38.6 Å². The third-order valence-corrected chi connectivity index (χ3v) is 2.84. The largest absolute Gasteiger partial charge is 0.480 e. The minimum Gasteiger partial charge on any atom is -0.480 e. The summed E-state index contributed by atoms with van der Waals surface area (Å²) in [6.07, 6.45) is 2.95. The number of carboxylic acid groups (broad SMARTS) is 1. The molecule has 0 radical (unpaired) electrons. The van der Waals surface area contributed by atoms with Crippen LogP contribution in [0.3, 0.4) is 0 Å². The Kier molecular flexibility index (Phi) is 6.11. The predicted molar refractivity (Wildman–Crippen MR) is 68.6 cm³/mol. The Bertz CT molecular complexity index is 342. The molecule has 3 amide bonds. The number of aliphatic carboxylic acids is 1. The average molecular weight is 271 g/mol. The van der Waals surface area contributed by atoms with Gasteiger partial charge in [-0.25, -0.2) is 9.59 Å². The lowest BCUT2D eigenvalue weighted by molar-refractivity contribution is -0.139. The van der Waals surface area contributed by atoms with Gasteiger partial charge in [0.2, 0.25) is 5.91 Å². The fourth-order valence-electron chi connectivity index (χ4n) is 1.61. The molecule has 0 aromatic heterocycles. The summed E-state index contributed by atoms with van der Waals surface area (Å²) < 4.78 is 0. The molecule has 0 aliphatic heterocycles. The zero-order chi connectivity index (χ0) is 14.3. The second-order valence-corrected chi connectivity index (χ2v) is 4.65. The van der Waals surface area contributed by atoms with Gasteiger partial charge in [0, 0.05) is 19.0 Å². The van der Waals surface area contributed by atoms with E-state index in [1.54, 1.807) is 0 Å². The number of rotatable bonds is 8. The van der Waals surface area contributed by atoms with E-state index in [9.17, 15) is 14.4 Å². The van der Waals surface area contributed by atoms with Crippen LogP contribution in [-0.2, 0) is 9.59 Å². The lowest BCUT2D eigenvalue weighted by Gasteiger charge is -2.14. The van der Waals surface area contributed by atoms with Crippen LogP contribution in [0.15, 0.2) is 0 Å². The van der Waals surface area contributed by atoms with Gasteiger partial charge < -0.3 is 21.1 Å². The van der Waals surface area contributed by atoms with Crippen LogP contribution in [0.5, 0.6) is 0 Å². The smallest absolute Gasteiger partial charge is 0.326 e. The molecule has 1 saturated carbocycles. The number of hydrogen-bond donors (Lipinski definition) is 4. The van der Waals surface area contributed by atoms with Gasteiger partial charge in [-0.05, 0) is 19.3 Å². The maximum atomic E-state index is 11.4. The van der Waals surface area contributed by atoms with Gasteiger partial charge in [-0.2, -0.15) is 0 Å². The minimum atomic E-state index is -1.04. The molecule has 1 aliphatic carbocycles. The van der Waals surface area contributed by atoms with Gasteiger partial charge in [0.15, 0.2) is 0 Å². The second kappa shape index (κ2) is 7.60. The van der Waals surface area contributed by atoms with E-state index in [4.69, 9.17) is 5.11 Å². The van der Waals surface area contributed by atoms with Crippen molar-refractivity contribution < 1.29 is 19.5 Å². The molecule has 108 valence electrons. The van der Waals surface area contributed by atoms with Crippen LogP contribution in [-0.4, -0.2) is 42.1 Å². The normalized spacial score (nSPS) is 15.4. The van der Waals surface area contributed by atoms with Crippen molar-refractivity contribution in [3.05, 3.63) is 0 Å². The van der Waals surface area contributed by atoms with Gasteiger partial charge in [0.1, 0.15) is 6.04 Å². The summed E-state index contributed by atoms with van der Waals surface area (Å²) in [7, 11) is 0. The van der Waals surface area contributed by atoms with Crippen molar-refractivity contribution in [1.29, 1.82) is 0 Å². The van der Waals surface area contributed by atoms with Gasteiger partial charge in [0.25, 0.3) is 0 Å². The quantitative estimate of drug-likeness (QED) is 0.468. The highest BCUT2D eigenvalue weighted by Gasteiger charge is 2.29. The number of hydrogen-bond acceptors (Lipinski definition) is 3. The highest BCUT2D eigenvalue weighted by molar-refractivity contribution is 5.82. The van der Waals surface area contributed by atoms with E-state index in [1.807, 2.05) is 6.92 Å². The van der Waals surface area contributed by atoms with Crippen LogP contribution < -0.4 is 16.0 Å². The third kappa shape index (κ3) is 6.08. The molecule has 0 spiro atoms. The number of carboxylic acids is 1. The maximum absolute atomic E-state index is 11.4. The van der Waals surface area contributed by atoms with E-state index in [2.05, 4.69) is 16.0 Å². The first-order valence-electron chi connectivity index (χ1n) is 6.59. The Balaban J connectivity index is 2.11. The SMILES string of the molecule is CCC[C@@H](NC(=O)NCCNC(=O)C1CC1)C(=O)O. The van der Waals surface area contributed by atoms with E-state index in [-0.39, 0.29) is 18.4 Å². The molecule has 1 rings (SSSR count). The molecule has 4 N–H and O–H groups in total. The van der Waals surface area contributed by atoms with Crippen LogP contribution in [0, 0.1) is 5.92 Å². The molecule has 7 nitrogen and oxygen atoms in total. The highest BCUT2D eigenvalue weighted by Crippen LogP contribution is 2.28. The van der Waals surface area contributed by atoms with E-state index in [0.29, 0.717) is 19.4 Å². The van der Waals surface area contributed by atoms with Gasteiger partial charge >= 0.3 is 12.0 Å². The van der Waals surface area contributed by atoms with Crippen LogP contribution in [0.4, 0.5) is 4.79 Å². The first-order valence-corrected chi connectivity index (χ1v) is 6.59. The summed E-state index contributed by atoms with van der Waals surface area (Å²) >= 11 is 0. The molecule has 0 heterocycles. The van der Waals surface area contributed by atoms with Crippen molar-refractivity contribution in [1.82, 2.24) is 16.0 Å². The molecule has 7 heteroatoms. The van der Waals surface area contributed by atoms with E-state index in [0.717, 1.165) is 12.8 Å². The molecule has 0 aromatic carbocycles. The standard InChI is InChI=1S/C12H21N3O4/c1-2-3-9(11(17)18)15-12(19)14-7-6-13-10(16)8-4-5-8/h8-9H,2-7H2,1H3,(H,13,16)(H,17,18)(H2,14,15,19)/t9-/m1/s1. The molecule has 19 heavy (non-hydrogen) atoms. The Morgan fingerprint density at radius 1 is 1.21 bits per heavy atom. The summed E-state index contributed by atoms with van der Waals surface area (Å²) in [5.74, 6) is -0.870. The van der Waals surface area contributed by atoms with Crippen molar-refractivity contribution in [2.75, 3.05) is 13.1 Å². The molecule has 1 fully saturated rings. The molecular formula is C12H21N3O4. The van der Waals surface area contributed by atoms with Crippen molar-refractivity contribution in [2.24, 2.45) is 5.92 Å². The third-order valence-electron chi connectivity index (χ3n) is 2.84. The maximum Gasteiger partial charge on any atom is 0.326 e. The van der Waals surface area contributed by atoms with Crippen LogP contribution >= 0.6 is 0 Å². The number of carbonyl (C=O) groups is 3. The summed E-state index contributed by atoms with van der Waals surface area (Å²) in [4.78, 5) is 33.5. The molecule has 0 aromatic rings. The number of nitrogens with one attached hydrogen (secondary N) is 3. The molecular weight excluding hydrogens is 250 g/mol. The van der Waals surface area contributed by atoms with Gasteiger partial charge in [-0.15, -0.1) is 0 Å². The Labute approximate surface area is 112 Å². The summed E-state index contributed by atoms with van der Waals surface area (Å²) in [6, 6.07) is -1.40. The molecule has 1 aliphatic rings. The van der Waals surface area contributed by atoms with Crippen molar-refractivity contribution in [3.63, 3.8) is 0 Å². The molecule has 1 atom stereocenters. The Hall–Kier alpha value is -1.79. The second-order valence-electron chi connectivity index (χ2n) is 4.65. The lowest BCUT2D eigenvalue weighted by Crippen LogP contribution is -2.47. The zero-order valence-electron chi connectivity index (χ0n) is 11.1. The Morgan fingerprint density at radius 2 is 1.84 bits per heavy atom. The summed E-state index contributed by atoms with van der Waals surface area (Å²) in [6.45, 7) is 2.49. The van der Waals surface area contributed by atoms with Crippen molar-refractivity contribution >= 4 is 17.9 Å². The molecule has 0 saturated heterocycles. The van der Waals surface area contributed by atoms with Gasteiger partial charge in [-0.1, -0.05) is 13.3 Å². The van der Waals surface area contributed by atoms with Gasteiger partial charge in [0.05, 0.1) is 0 Å². The average Bonchev–Trinajstić information content (AvgIpc) is 3.17. The predicted octanol–water partition coefficient (Wildman–Crippen LogP) is 0.0651. The highest BCUT2D eigenvalue weighted by atomic mass is 16.4. The van der Waals surface area contributed by atoms with E-state index < -0.39 is 18.0 Å². The summed E-state index contributed by atoms with van der Waals surface area (Å²) in [5, 5.41) is 16.5. The minimum absolute atomic E-state index is 0.0246. The fourth-order valence-corrected chi connectivity index (χ4v) is 1.61. The first kappa shape index (κ1) is 15.3. The fraction of sp³-hybridized carbons (Fsp3) is 0.750. The molecule has 0 bridgehead atoms. The summed E-state index contributed by atoms with van der Waals surface area (Å²) in [5.41, 5.74) is 0. The monoisotopic (exact) mass is 271 g/mol. The van der Waals surface area contributed by atoms with Crippen LogP contribution in [0.25, 0.3) is 0 Å².